The zero-order chi connectivity index (χ0) is 13.8. The average molecular weight is 280 g/mol. The average Bonchev–Trinajstić information content (AvgIpc) is 2.77. The van der Waals surface area contributed by atoms with Gasteiger partial charge in [0.15, 0.2) is 0 Å². The Morgan fingerprint density at radius 3 is 2.95 bits per heavy atom. The Labute approximate surface area is 117 Å². The molecule has 5 heteroatoms. The van der Waals surface area contributed by atoms with Gasteiger partial charge in [0.25, 0.3) is 0 Å². The molecule has 0 fully saturated rings. The maximum Gasteiger partial charge on any atom is 0.111 e. The summed E-state index contributed by atoms with van der Waals surface area (Å²) in [5, 5.41) is 10.9. The van der Waals surface area contributed by atoms with Crippen molar-refractivity contribution in [1.82, 2.24) is 9.55 Å². The Kier molecular flexibility index (Phi) is 4.45. The maximum absolute atomic E-state index is 10.3. The highest BCUT2D eigenvalue weighted by molar-refractivity contribution is 6.30. The third-order valence-electron chi connectivity index (χ3n) is 3.05. The number of imidazole rings is 1. The Hall–Kier alpha value is -1.52. The van der Waals surface area contributed by atoms with E-state index in [-0.39, 0.29) is 0 Å². The number of aromatic nitrogens is 2. The first-order chi connectivity index (χ1) is 9.11. The Morgan fingerprint density at radius 1 is 1.47 bits per heavy atom. The molecule has 1 aromatic carbocycles. The van der Waals surface area contributed by atoms with Crippen molar-refractivity contribution in [1.29, 1.82) is 0 Å². The van der Waals surface area contributed by atoms with E-state index < -0.39 is 6.10 Å². The summed E-state index contributed by atoms with van der Waals surface area (Å²) < 4.78 is 2.05. The van der Waals surface area contributed by atoms with Crippen LogP contribution in [-0.2, 0) is 13.0 Å². The van der Waals surface area contributed by atoms with Crippen LogP contribution in [0.4, 0.5) is 5.69 Å². The van der Waals surface area contributed by atoms with Crippen LogP contribution in [0, 0.1) is 0 Å². The number of hydrogen-bond acceptors (Lipinski definition) is 3. The number of anilines is 1. The van der Waals surface area contributed by atoms with Crippen LogP contribution in [0.25, 0.3) is 0 Å². The van der Waals surface area contributed by atoms with Crippen LogP contribution in [0.2, 0.25) is 5.02 Å². The van der Waals surface area contributed by atoms with Crippen molar-refractivity contribution in [3.8, 4) is 0 Å². The summed E-state index contributed by atoms with van der Waals surface area (Å²) in [6, 6.07) is 5.14. The van der Waals surface area contributed by atoms with Gasteiger partial charge in [0.05, 0.1) is 6.10 Å². The molecule has 2 aromatic rings. The third kappa shape index (κ3) is 3.28. The largest absolute Gasteiger partial charge is 0.398 e. The first-order valence-corrected chi connectivity index (χ1v) is 6.72. The quantitative estimate of drug-likeness (QED) is 0.827. The van der Waals surface area contributed by atoms with Crippen molar-refractivity contribution in [2.45, 2.75) is 32.4 Å². The minimum atomic E-state index is -0.671. The first kappa shape index (κ1) is 13.9. The third-order valence-corrected chi connectivity index (χ3v) is 3.29. The van der Waals surface area contributed by atoms with E-state index in [0.29, 0.717) is 22.7 Å². The van der Waals surface area contributed by atoms with E-state index in [1.807, 2.05) is 6.20 Å². The molecular formula is C14H18ClN3O. The number of nitrogens with zero attached hydrogens (tertiary/aromatic N) is 2. The van der Waals surface area contributed by atoms with Crippen molar-refractivity contribution >= 4 is 17.3 Å². The van der Waals surface area contributed by atoms with Crippen LogP contribution < -0.4 is 5.73 Å². The summed E-state index contributed by atoms with van der Waals surface area (Å²) in [6.45, 7) is 3.01. The van der Waals surface area contributed by atoms with Crippen LogP contribution >= 0.6 is 11.6 Å². The van der Waals surface area contributed by atoms with E-state index >= 15 is 0 Å². The molecule has 1 unspecified atom stereocenters. The summed E-state index contributed by atoms with van der Waals surface area (Å²) in [5.74, 6) is 0.865. The molecule has 1 aromatic heterocycles. The molecule has 0 amide bonds. The zero-order valence-electron chi connectivity index (χ0n) is 10.9. The lowest BCUT2D eigenvalue weighted by atomic mass is 10.0. The first-order valence-electron chi connectivity index (χ1n) is 6.34. The minimum Gasteiger partial charge on any atom is -0.398 e. The molecule has 0 bridgehead atoms. The normalized spacial score (nSPS) is 12.6. The number of aliphatic hydroxyl groups excluding tert-OH is 1. The van der Waals surface area contributed by atoms with Gasteiger partial charge in [-0.1, -0.05) is 24.6 Å². The Balaban J connectivity index is 2.16. The number of aliphatic hydroxyl groups is 1. The van der Waals surface area contributed by atoms with Gasteiger partial charge in [0.2, 0.25) is 0 Å². The van der Waals surface area contributed by atoms with Gasteiger partial charge in [0, 0.05) is 41.6 Å². The second-order valence-corrected chi connectivity index (χ2v) is 4.97. The lowest BCUT2D eigenvalue weighted by molar-refractivity contribution is 0.175. The monoisotopic (exact) mass is 279 g/mol. The van der Waals surface area contributed by atoms with Gasteiger partial charge in [-0.05, 0) is 18.6 Å². The molecular weight excluding hydrogens is 262 g/mol. The summed E-state index contributed by atoms with van der Waals surface area (Å²) >= 11 is 5.85. The van der Waals surface area contributed by atoms with E-state index in [2.05, 4.69) is 16.5 Å². The van der Waals surface area contributed by atoms with E-state index in [1.165, 1.54) is 0 Å². The Bertz CT molecular complexity index is 553. The molecule has 0 radical (unpaired) electrons. The highest BCUT2D eigenvalue weighted by Gasteiger charge is 2.15. The van der Waals surface area contributed by atoms with E-state index in [4.69, 9.17) is 17.3 Å². The predicted octanol–water partition coefficient (Wildman–Crippen LogP) is 2.80. The molecule has 0 saturated carbocycles. The summed E-state index contributed by atoms with van der Waals surface area (Å²) in [7, 11) is 0. The van der Waals surface area contributed by atoms with Crippen molar-refractivity contribution in [3.63, 3.8) is 0 Å². The van der Waals surface area contributed by atoms with Crippen LogP contribution in [0.15, 0.2) is 30.6 Å². The van der Waals surface area contributed by atoms with Crippen molar-refractivity contribution in [2.24, 2.45) is 0 Å². The number of hydrogen-bond donors (Lipinski definition) is 2. The van der Waals surface area contributed by atoms with Crippen molar-refractivity contribution in [2.75, 3.05) is 5.73 Å². The van der Waals surface area contributed by atoms with Crippen molar-refractivity contribution < 1.29 is 5.11 Å². The Morgan fingerprint density at radius 2 is 2.26 bits per heavy atom. The molecule has 102 valence electrons. The van der Waals surface area contributed by atoms with Crippen LogP contribution in [0.5, 0.6) is 0 Å². The SMILES string of the molecule is CCCn1ccnc1CC(O)c1ccc(Cl)cc1N. The van der Waals surface area contributed by atoms with E-state index in [0.717, 1.165) is 18.8 Å². The summed E-state index contributed by atoms with van der Waals surface area (Å²) in [5.41, 5.74) is 7.07. The van der Waals surface area contributed by atoms with Crippen LogP contribution in [0.1, 0.15) is 30.8 Å². The second kappa shape index (κ2) is 6.08. The highest BCUT2D eigenvalue weighted by Crippen LogP contribution is 2.26. The van der Waals surface area contributed by atoms with Gasteiger partial charge in [-0.25, -0.2) is 4.98 Å². The number of halogens is 1. The molecule has 1 heterocycles. The van der Waals surface area contributed by atoms with Gasteiger partial charge >= 0.3 is 0 Å². The standard InChI is InChI=1S/C14H18ClN3O/c1-2-6-18-7-5-17-14(18)9-13(19)11-4-3-10(15)8-12(11)16/h3-5,7-8,13,19H,2,6,9,16H2,1H3. The number of rotatable bonds is 5. The molecule has 0 saturated heterocycles. The second-order valence-electron chi connectivity index (χ2n) is 4.53. The predicted molar refractivity (Wildman–Crippen MR) is 77.0 cm³/mol. The molecule has 2 rings (SSSR count). The molecule has 3 N–H and O–H groups in total. The number of aryl methyl sites for hydroxylation is 1. The molecule has 0 spiro atoms. The highest BCUT2D eigenvalue weighted by atomic mass is 35.5. The van der Waals surface area contributed by atoms with Gasteiger partial charge in [-0.15, -0.1) is 0 Å². The smallest absolute Gasteiger partial charge is 0.111 e. The molecule has 1 atom stereocenters. The van der Waals surface area contributed by atoms with Crippen LogP contribution in [0.3, 0.4) is 0 Å². The molecule has 0 aliphatic rings. The molecule has 4 nitrogen and oxygen atoms in total. The van der Waals surface area contributed by atoms with Gasteiger partial charge < -0.3 is 15.4 Å². The lowest BCUT2D eigenvalue weighted by Gasteiger charge is -2.14. The van der Waals surface area contributed by atoms with Gasteiger partial charge in [0.1, 0.15) is 5.82 Å². The van der Waals surface area contributed by atoms with Gasteiger partial charge in [-0.2, -0.15) is 0 Å². The fourth-order valence-corrected chi connectivity index (χ4v) is 2.29. The molecule has 0 aliphatic heterocycles. The minimum absolute atomic E-state index is 0.443. The lowest BCUT2D eigenvalue weighted by Crippen LogP contribution is -2.10. The fourth-order valence-electron chi connectivity index (χ4n) is 2.11. The fraction of sp³-hybridized carbons (Fsp3) is 0.357. The maximum atomic E-state index is 10.3. The molecule has 19 heavy (non-hydrogen) atoms. The summed E-state index contributed by atoms with van der Waals surface area (Å²) in [4.78, 5) is 4.28. The van der Waals surface area contributed by atoms with Crippen molar-refractivity contribution in [3.05, 3.63) is 47.0 Å². The number of nitrogens with two attached hydrogens (primary N) is 1. The van der Waals surface area contributed by atoms with E-state index in [9.17, 15) is 5.11 Å². The number of nitrogen functional groups attached to an aromatic ring is 1. The van der Waals surface area contributed by atoms with E-state index in [1.54, 1.807) is 24.4 Å². The van der Waals surface area contributed by atoms with Crippen LogP contribution in [-0.4, -0.2) is 14.7 Å². The molecule has 0 aliphatic carbocycles. The van der Waals surface area contributed by atoms with Gasteiger partial charge in [-0.3, -0.25) is 0 Å². The zero-order valence-corrected chi connectivity index (χ0v) is 11.6. The number of benzene rings is 1. The summed E-state index contributed by atoms with van der Waals surface area (Å²) in [6.07, 6.45) is 4.48. The topological polar surface area (TPSA) is 64.1 Å².